The topological polar surface area (TPSA) is 35.8 Å². The highest BCUT2D eigenvalue weighted by Gasteiger charge is 2.10. The number of methoxy groups -OCH3 is 1. The molecule has 0 N–H and O–H groups in total. The molecule has 4 rings (SSSR count). The predicted octanol–water partition coefficient (Wildman–Crippen LogP) is 4.59. The largest absolute Gasteiger partial charge is 0.493 e. The van der Waals surface area contributed by atoms with Gasteiger partial charge in [-0.2, -0.15) is 0 Å². The second kappa shape index (κ2) is 6.69. The summed E-state index contributed by atoms with van der Waals surface area (Å²) < 4.78 is 13.4. The van der Waals surface area contributed by atoms with E-state index in [0.717, 1.165) is 28.2 Å². The number of hydrogen-bond donors (Lipinski definition) is 0. The van der Waals surface area contributed by atoms with Gasteiger partial charge in [0.15, 0.2) is 11.5 Å². The molecule has 0 radical (unpaired) electrons. The van der Waals surface area contributed by atoms with Crippen LogP contribution in [0.1, 0.15) is 5.56 Å². The standard InChI is InChI=1S/C21H18N2O2/c1-24-20-13-17(18-14-23-12-6-5-9-21(23)22-18)10-11-19(20)25-15-16-7-3-2-4-8-16/h2-14H,15H2,1H3. The first-order valence-corrected chi connectivity index (χ1v) is 8.12. The van der Waals surface area contributed by atoms with Crippen LogP contribution in [0, 0.1) is 0 Å². The van der Waals surface area contributed by atoms with Gasteiger partial charge in [-0.25, -0.2) is 4.98 Å². The van der Waals surface area contributed by atoms with E-state index in [9.17, 15) is 0 Å². The Hall–Kier alpha value is -3.27. The van der Waals surface area contributed by atoms with E-state index in [1.54, 1.807) is 7.11 Å². The lowest BCUT2D eigenvalue weighted by molar-refractivity contribution is 0.284. The van der Waals surface area contributed by atoms with Crippen LogP contribution in [0.2, 0.25) is 0 Å². The number of rotatable bonds is 5. The van der Waals surface area contributed by atoms with Gasteiger partial charge in [0, 0.05) is 18.0 Å². The first-order chi connectivity index (χ1) is 12.3. The molecule has 0 fully saturated rings. The van der Waals surface area contributed by atoms with Crippen molar-refractivity contribution in [1.82, 2.24) is 9.38 Å². The third-order valence-electron chi connectivity index (χ3n) is 4.06. The average molecular weight is 330 g/mol. The molecular formula is C21H18N2O2. The normalized spacial score (nSPS) is 10.8. The van der Waals surface area contributed by atoms with Crippen LogP contribution in [0.25, 0.3) is 16.9 Å². The molecule has 0 amide bonds. The van der Waals surface area contributed by atoms with Gasteiger partial charge in [0.1, 0.15) is 12.3 Å². The summed E-state index contributed by atoms with van der Waals surface area (Å²) >= 11 is 0. The summed E-state index contributed by atoms with van der Waals surface area (Å²) in [5.74, 6) is 1.42. The molecule has 4 aromatic rings. The van der Waals surface area contributed by atoms with Crippen molar-refractivity contribution in [2.45, 2.75) is 6.61 Å². The lowest BCUT2D eigenvalue weighted by Crippen LogP contribution is -1.97. The van der Waals surface area contributed by atoms with Crippen molar-refractivity contribution in [3.8, 4) is 22.8 Å². The SMILES string of the molecule is COc1cc(-c2cn3ccccc3n2)ccc1OCc1ccccc1. The molecule has 2 aromatic heterocycles. The van der Waals surface area contributed by atoms with E-state index in [2.05, 4.69) is 4.98 Å². The maximum absolute atomic E-state index is 5.91. The lowest BCUT2D eigenvalue weighted by atomic mass is 10.1. The highest BCUT2D eigenvalue weighted by Crippen LogP contribution is 2.32. The molecule has 4 nitrogen and oxygen atoms in total. The second-order valence-corrected chi connectivity index (χ2v) is 5.73. The Morgan fingerprint density at radius 3 is 2.56 bits per heavy atom. The lowest BCUT2D eigenvalue weighted by Gasteiger charge is -2.11. The van der Waals surface area contributed by atoms with E-state index < -0.39 is 0 Å². The maximum Gasteiger partial charge on any atom is 0.161 e. The molecule has 0 saturated heterocycles. The van der Waals surface area contributed by atoms with Gasteiger partial charge in [0.05, 0.1) is 12.8 Å². The van der Waals surface area contributed by atoms with Crippen molar-refractivity contribution in [2.24, 2.45) is 0 Å². The van der Waals surface area contributed by atoms with Gasteiger partial charge in [-0.15, -0.1) is 0 Å². The highest BCUT2D eigenvalue weighted by atomic mass is 16.5. The van der Waals surface area contributed by atoms with Crippen molar-refractivity contribution >= 4 is 5.65 Å². The fourth-order valence-corrected chi connectivity index (χ4v) is 2.76. The monoisotopic (exact) mass is 330 g/mol. The molecule has 0 unspecified atom stereocenters. The summed E-state index contributed by atoms with van der Waals surface area (Å²) in [6.07, 6.45) is 4.00. The maximum atomic E-state index is 5.91. The third-order valence-corrected chi connectivity index (χ3v) is 4.06. The van der Waals surface area contributed by atoms with Gasteiger partial charge in [0.25, 0.3) is 0 Å². The summed E-state index contributed by atoms with van der Waals surface area (Å²) in [5, 5.41) is 0. The Bertz CT molecular complexity index is 960. The molecule has 0 aliphatic rings. The first-order valence-electron chi connectivity index (χ1n) is 8.12. The van der Waals surface area contributed by atoms with E-state index in [-0.39, 0.29) is 0 Å². The van der Waals surface area contributed by atoms with Crippen LogP contribution in [-0.4, -0.2) is 16.5 Å². The fraction of sp³-hybridized carbons (Fsp3) is 0.0952. The molecular weight excluding hydrogens is 312 g/mol. The molecule has 0 spiro atoms. The zero-order valence-electron chi connectivity index (χ0n) is 13.9. The Morgan fingerprint density at radius 1 is 0.920 bits per heavy atom. The van der Waals surface area contributed by atoms with Gasteiger partial charge >= 0.3 is 0 Å². The van der Waals surface area contributed by atoms with Gasteiger partial charge in [-0.1, -0.05) is 36.4 Å². The van der Waals surface area contributed by atoms with Crippen molar-refractivity contribution in [3.05, 3.63) is 84.7 Å². The average Bonchev–Trinajstić information content (AvgIpc) is 3.11. The minimum absolute atomic E-state index is 0.505. The van der Waals surface area contributed by atoms with Crippen LogP contribution >= 0.6 is 0 Å². The first kappa shape index (κ1) is 15.3. The Labute approximate surface area is 146 Å². The van der Waals surface area contributed by atoms with Gasteiger partial charge in [0.2, 0.25) is 0 Å². The Morgan fingerprint density at radius 2 is 1.76 bits per heavy atom. The highest BCUT2D eigenvalue weighted by molar-refractivity contribution is 5.66. The zero-order valence-corrected chi connectivity index (χ0v) is 13.9. The molecule has 0 atom stereocenters. The quantitative estimate of drug-likeness (QED) is 0.537. The van der Waals surface area contributed by atoms with Crippen LogP contribution in [0.5, 0.6) is 11.5 Å². The van der Waals surface area contributed by atoms with Crippen LogP contribution in [0.3, 0.4) is 0 Å². The Kier molecular flexibility index (Phi) is 4.09. The van der Waals surface area contributed by atoms with Crippen LogP contribution in [-0.2, 0) is 6.61 Å². The Balaban J connectivity index is 1.60. The molecule has 25 heavy (non-hydrogen) atoms. The molecule has 0 saturated carbocycles. The van der Waals surface area contributed by atoms with E-state index >= 15 is 0 Å². The molecule has 124 valence electrons. The number of aromatic nitrogens is 2. The molecule has 2 heterocycles. The number of nitrogens with zero attached hydrogens (tertiary/aromatic N) is 2. The summed E-state index contributed by atoms with van der Waals surface area (Å²) in [7, 11) is 1.65. The third kappa shape index (κ3) is 3.19. The van der Waals surface area contributed by atoms with Crippen molar-refractivity contribution in [3.63, 3.8) is 0 Å². The van der Waals surface area contributed by atoms with Crippen molar-refractivity contribution in [2.75, 3.05) is 7.11 Å². The molecule has 0 bridgehead atoms. The minimum atomic E-state index is 0.505. The van der Waals surface area contributed by atoms with E-state index in [1.165, 1.54) is 0 Å². The van der Waals surface area contributed by atoms with Gasteiger partial charge in [-0.3, -0.25) is 0 Å². The summed E-state index contributed by atoms with van der Waals surface area (Å²) in [4.78, 5) is 4.65. The van der Waals surface area contributed by atoms with E-state index in [1.807, 2.05) is 83.5 Å². The number of pyridine rings is 1. The number of hydrogen-bond acceptors (Lipinski definition) is 3. The van der Waals surface area contributed by atoms with Gasteiger partial charge in [-0.05, 0) is 35.9 Å². The summed E-state index contributed by atoms with van der Waals surface area (Å²) in [5.41, 5.74) is 3.93. The summed E-state index contributed by atoms with van der Waals surface area (Å²) in [6.45, 7) is 0.505. The van der Waals surface area contributed by atoms with Crippen LogP contribution in [0.4, 0.5) is 0 Å². The van der Waals surface area contributed by atoms with E-state index in [4.69, 9.17) is 9.47 Å². The van der Waals surface area contributed by atoms with Gasteiger partial charge < -0.3 is 13.9 Å². The van der Waals surface area contributed by atoms with Crippen molar-refractivity contribution in [1.29, 1.82) is 0 Å². The second-order valence-electron chi connectivity index (χ2n) is 5.73. The molecule has 0 aliphatic heterocycles. The molecule has 0 aliphatic carbocycles. The number of fused-ring (bicyclic) bond motifs is 1. The van der Waals surface area contributed by atoms with Crippen molar-refractivity contribution < 1.29 is 9.47 Å². The number of benzene rings is 2. The number of ether oxygens (including phenoxy) is 2. The minimum Gasteiger partial charge on any atom is -0.493 e. The van der Waals surface area contributed by atoms with E-state index in [0.29, 0.717) is 12.4 Å². The zero-order chi connectivity index (χ0) is 17.1. The predicted molar refractivity (Wildman–Crippen MR) is 98.0 cm³/mol. The summed E-state index contributed by atoms with van der Waals surface area (Å²) in [6, 6.07) is 21.9. The smallest absolute Gasteiger partial charge is 0.161 e. The fourth-order valence-electron chi connectivity index (χ4n) is 2.76. The molecule has 4 heteroatoms. The molecule has 2 aromatic carbocycles. The van der Waals surface area contributed by atoms with Crippen LogP contribution in [0.15, 0.2) is 79.1 Å². The number of imidazole rings is 1. The van der Waals surface area contributed by atoms with Crippen LogP contribution < -0.4 is 9.47 Å².